The topological polar surface area (TPSA) is 79.5 Å². The maximum Gasteiger partial charge on any atom is 0.338 e. The minimum absolute atomic E-state index is 0.285. The number of ether oxygens (including phenoxy) is 1. The monoisotopic (exact) mass is 317 g/mol. The Morgan fingerprint density at radius 1 is 1.26 bits per heavy atom. The molecule has 3 N–H and O–H groups in total. The highest BCUT2D eigenvalue weighted by molar-refractivity contribution is 5.95. The molecule has 0 bridgehead atoms. The second-order valence-corrected chi connectivity index (χ2v) is 5.23. The number of hydrogen-bond acceptors (Lipinski definition) is 4. The van der Waals surface area contributed by atoms with E-state index in [0.717, 1.165) is 18.5 Å². The first-order valence-corrected chi connectivity index (χ1v) is 7.90. The van der Waals surface area contributed by atoms with Gasteiger partial charge in [0.05, 0.1) is 18.2 Å². The van der Waals surface area contributed by atoms with Crippen molar-refractivity contribution in [2.24, 2.45) is 0 Å². The molecule has 1 aromatic carbocycles. The van der Waals surface area contributed by atoms with Gasteiger partial charge in [-0.2, -0.15) is 0 Å². The fourth-order valence-corrected chi connectivity index (χ4v) is 2.49. The van der Waals surface area contributed by atoms with Gasteiger partial charge in [-0.25, -0.2) is 9.59 Å². The fourth-order valence-electron chi connectivity index (χ4n) is 2.49. The molecule has 2 amide bonds. The predicted molar refractivity (Wildman–Crippen MR) is 87.7 cm³/mol. The van der Waals surface area contributed by atoms with Crippen LogP contribution in [0.4, 0.5) is 4.79 Å². The van der Waals surface area contributed by atoms with Crippen LogP contribution in [0.25, 0.3) is 0 Å². The molecule has 0 saturated carbocycles. The molecule has 0 aromatic heterocycles. The summed E-state index contributed by atoms with van der Waals surface area (Å²) in [5, 5.41) is 8.75. The van der Waals surface area contributed by atoms with E-state index < -0.39 is 12.0 Å². The third kappa shape index (κ3) is 4.32. The summed E-state index contributed by atoms with van der Waals surface area (Å²) < 4.78 is 5.19. The van der Waals surface area contributed by atoms with Gasteiger partial charge >= 0.3 is 12.0 Å². The summed E-state index contributed by atoms with van der Waals surface area (Å²) in [6.07, 6.45) is 0.969. The van der Waals surface area contributed by atoms with Crippen LogP contribution in [0.3, 0.4) is 0 Å². The first kappa shape index (κ1) is 17.0. The predicted octanol–water partition coefficient (Wildman–Crippen LogP) is 1.86. The molecule has 23 heavy (non-hydrogen) atoms. The summed E-state index contributed by atoms with van der Waals surface area (Å²) >= 11 is 0. The Morgan fingerprint density at radius 2 is 2.00 bits per heavy atom. The molecule has 1 aliphatic heterocycles. The lowest BCUT2D eigenvalue weighted by Gasteiger charge is -2.29. The van der Waals surface area contributed by atoms with Crippen molar-refractivity contribution in [3.63, 3.8) is 0 Å². The second kappa shape index (κ2) is 8.33. The van der Waals surface area contributed by atoms with Crippen molar-refractivity contribution in [3.05, 3.63) is 47.2 Å². The molecule has 0 fully saturated rings. The van der Waals surface area contributed by atoms with Crippen LogP contribution in [0.15, 0.2) is 41.6 Å². The zero-order valence-corrected chi connectivity index (χ0v) is 13.5. The molecule has 0 spiro atoms. The molecule has 124 valence electrons. The highest BCUT2D eigenvalue weighted by Crippen LogP contribution is 2.27. The molecule has 1 aliphatic rings. The van der Waals surface area contributed by atoms with Gasteiger partial charge in [-0.1, -0.05) is 37.3 Å². The van der Waals surface area contributed by atoms with Crippen LogP contribution in [0.2, 0.25) is 0 Å². The van der Waals surface area contributed by atoms with Crippen molar-refractivity contribution in [2.75, 3.05) is 19.7 Å². The van der Waals surface area contributed by atoms with E-state index in [-0.39, 0.29) is 12.6 Å². The molecule has 0 radical (unpaired) electrons. The van der Waals surface area contributed by atoms with E-state index in [0.29, 0.717) is 17.8 Å². The molecule has 0 aliphatic carbocycles. The van der Waals surface area contributed by atoms with E-state index in [2.05, 4.69) is 22.9 Å². The number of nitrogens with one attached hydrogen (secondary N) is 3. The quantitative estimate of drug-likeness (QED) is 0.530. The molecule has 1 unspecified atom stereocenters. The van der Waals surface area contributed by atoms with E-state index >= 15 is 0 Å². The number of amides is 2. The van der Waals surface area contributed by atoms with Crippen LogP contribution in [-0.2, 0) is 9.53 Å². The average Bonchev–Trinajstić information content (AvgIpc) is 2.55. The lowest BCUT2D eigenvalue weighted by molar-refractivity contribution is -0.139. The van der Waals surface area contributed by atoms with E-state index in [1.54, 1.807) is 6.92 Å². The van der Waals surface area contributed by atoms with Crippen LogP contribution < -0.4 is 16.0 Å². The Bertz CT molecular complexity index is 584. The van der Waals surface area contributed by atoms with Crippen LogP contribution >= 0.6 is 0 Å². The summed E-state index contributed by atoms with van der Waals surface area (Å²) in [7, 11) is 0. The van der Waals surface area contributed by atoms with Gasteiger partial charge in [0.2, 0.25) is 0 Å². The smallest absolute Gasteiger partial charge is 0.338 e. The third-order valence-corrected chi connectivity index (χ3v) is 3.51. The minimum atomic E-state index is -0.512. The van der Waals surface area contributed by atoms with Gasteiger partial charge in [-0.05, 0) is 25.5 Å². The Labute approximate surface area is 136 Å². The van der Waals surface area contributed by atoms with E-state index in [4.69, 9.17) is 4.74 Å². The number of hydrogen-bond donors (Lipinski definition) is 3. The standard InChI is InChI=1S/C17H23N3O3/c1-3-10-18-11-13-14(16(21)23-4-2)15(20-17(22)19-13)12-8-6-5-7-9-12/h5-9,15,18H,3-4,10-11H2,1-2H3,(H2,19,20,22). The van der Waals surface area contributed by atoms with E-state index in [1.807, 2.05) is 30.3 Å². The number of carbonyl (C=O) groups is 2. The van der Waals surface area contributed by atoms with Gasteiger partial charge in [-0.3, -0.25) is 0 Å². The van der Waals surface area contributed by atoms with Crippen LogP contribution in [-0.4, -0.2) is 31.7 Å². The molecular formula is C17H23N3O3. The van der Waals surface area contributed by atoms with E-state index in [1.165, 1.54) is 0 Å². The first-order valence-electron chi connectivity index (χ1n) is 7.90. The van der Waals surface area contributed by atoms with Gasteiger partial charge in [0.1, 0.15) is 0 Å². The molecule has 1 heterocycles. The van der Waals surface area contributed by atoms with Gasteiger partial charge < -0.3 is 20.7 Å². The summed E-state index contributed by atoms with van der Waals surface area (Å²) in [5.74, 6) is -0.415. The van der Waals surface area contributed by atoms with Crippen molar-refractivity contribution in [2.45, 2.75) is 26.3 Å². The Kier molecular flexibility index (Phi) is 6.17. The number of benzene rings is 1. The second-order valence-electron chi connectivity index (χ2n) is 5.23. The van der Waals surface area contributed by atoms with Gasteiger partial charge in [0.25, 0.3) is 0 Å². The summed E-state index contributed by atoms with van der Waals surface area (Å²) in [5.41, 5.74) is 1.86. The largest absolute Gasteiger partial charge is 0.463 e. The van der Waals surface area contributed by atoms with Crippen molar-refractivity contribution >= 4 is 12.0 Å². The lowest BCUT2D eigenvalue weighted by atomic mass is 9.95. The van der Waals surface area contributed by atoms with E-state index in [9.17, 15) is 9.59 Å². The Morgan fingerprint density at radius 3 is 2.65 bits per heavy atom. The zero-order chi connectivity index (χ0) is 16.7. The minimum Gasteiger partial charge on any atom is -0.463 e. The summed E-state index contributed by atoms with van der Waals surface area (Å²) in [6, 6.07) is 8.58. The first-order chi connectivity index (χ1) is 11.2. The number of esters is 1. The maximum atomic E-state index is 12.4. The third-order valence-electron chi connectivity index (χ3n) is 3.51. The number of urea groups is 1. The summed E-state index contributed by atoms with van der Waals surface area (Å²) in [4.78, 5) is 24.4. The highest BCUT2D eigenvalue weighted by Gasteiger charge is 2.33. The molecule has 1 aromatic rings. The molecular weight excluding hydrogens is 294 g/mol. The lowest BCUT2D eigenvalue weighted by Crippen LogP contribution is -2.48. The normalized spacial score (nSPS) is 17.5. The van der Waals surface area contributed by atoms with Crippen LogP contribution in [0, 0.1) is 0 Å². The van der Waals surface area contributed by atoms with Crippen LogP contribution in [0.1, 0.15) is 31.9 Å². The van der Waals surface area contributed by atoms with Gasteiger partial charge in [0.15, 0.2) is 0 Å². The Hall–Kier alpha value is -2.34. The van der Waals surface area contributed by atoms with Crippen molar-refractivity contribution in [1.29, 1.82) is 0 Å². The molecule has 6 heteroatoms. The average molecular weight is 317 g/mol. The molecule has 1 atom stereocenters. The van der Waals surface area contributed by atoms with Crippen molar-refractivity contribution in [1.82, 2.24) is 16.0 Å². The zero-order valence-electron chi connectivity index (χ0n) is 13.5. The molecule has 0 saturated heterocycles. The SMILES string of the molecule is CCCNCC1=C(C(=O)OCC)C(c2ccccc2)NC(=O)N1. The van der Waals surface area contributed by atoms with Crippen molar-refractivity contribution < 1.29 is 14.3 Å². The van der Waals surface area contributed by atoms with Crippen LogP contribution in [0.5, 0.6) is 0 Å². The van der Waals surface area contributed by atoms with Crippen molar-refractivity contribution in [3.8, 4) is 0 Å². The summed E-state index contributed by atoms with van der Waals surface area (Å²) in [6.45, 7) is 5.33. The molecule has 2 rings (SSSR count). The fraction of sp³-hybridized carbons (Fsp3) is 0.412. The van der Waals surface area contributed by atoms with Gasteiger partial charge in [-0.15, -0.1) is 0 Å². The number of rotatable bonds is 7. The molecule has 6 nitrogen and oxygen atoms in total. The maximum absolute atomic E-state index is 12.4. The van der Waals surface area contributed by atoms with Gasteiger partial charge in [0, 0.05) is 12.2 Å². The number of carbonyl (C=O) groups excluding carboxylic acids is 2. The highest BCUT2D eigenvalue weighted by atomic mass is 16.5. The Balaban J connectivity index is 2.38.